The molecule has 0 bridgehead atoms. The van der Waals surface area contributed by atoms with Gasteiger partial charge in [-0.2, -0.15) is 0 Å². The third kappa shape index (κ3) is 1.78. The topological polar surface area (TPSA) is 24.9 Å². The summed E-state index contributed by atoms with van der Waals surface area (Å²) in [6, 6.07) is 4.06. The molecule has 66 valence electrons. The summed E-state index contributed by atoms with van der Waals surface area (Å²) in [5, 5.41) is 3.30. The molecule has 0 spiro atoms. The fourth-order valence-corrected chi connectivity index (χ4v) is 1.34. The molecule has 0 aromatic carbocycles. The molecule has 0 atom stereocenters. The van der Waals surface area contributed by atoms with Crippen molar-refractivity contribution in [2.45, 2.75) is 6.92 Å². The highest BCUT2D eigenvalue weighted by Gasteiger charge is 2.03. The molecule has 1 aliphatic heterocycles. The van der Waals surface area contributed by atoms with Gasteiger partial charge in [0.2, 0.25) is 0 Å². The van der Waals surface area contributed by atoms with E-state index < -0.39 is 0 Å². The first-order valence-electron chi connectivity index (χ1n) is 4.38. The first-order valence-corrected chi connectivity index (χ1v) is 4.38. The van der Waals surface area contributed by atoms with Gasteiger partial charge in [-0.1, -0.05) is 6.08 Å². The quantitative estimate of drug-likeness (QED) is 0.700. The van der Waals surface area contributed by atoms with E-state index in [1.165, 1.54) is 16.8 Å². The van der Waals surface area contributed by atoms with E-state index in [1.54, 1.807) is 0 Å². The molecule has 0 amide bonds. The predicted octanol–water partition coefficient (Wildman–Crippen LogP) is 1.97. The number of aromatic nitrogens is 1. The van der Waals surface area contributed by atoms with Crippen LogP contribution in [0, 0.1) is 0 Å². The zero-order valence-corrected chi connectivity index (χ0v) is 7.62. The lowest BCUT2D eigenvalue weighted by Gasteiger charge is -2.14. The minimum absolute atomic E-state index is 0.909. The third-order valence-corrected chi connectivity index (χ3v) is 2.14. The monoisotopic (exact) mass is 172 g/mol. The number of dihydropyridines is 1. The van der Waals surface area contributed by atoms with Gasteiger partial charge < -0.3 is 5.32 Å². The average molecular weight is 172 g/mol. The number of allylic oxidation sites excluding steroid dienone is 3. The molecule has 1 aliphatic rings. The number of pyridine rings is 1. The lowest BCUT2D eigenvalue weighted by atomic mass is 10.0. The SMILES string of the molecule is CC1=CC=C(c2ccncc2)CN1. The van der Waals surface area contributed by atoms with Crippen molar-refractivity contribution in [1.29, 1.82) is 0 Å². The van der Waals surface area contributed by atoms with Crippen LogP contribution in [0.3, 0.4) is 0 Å². The molecule has 1 aromatic heterocycles. The molecule has 2 heterocycles. The van der Waals surface area contributed by atoms with Crippen molar-refractivity contribution in [3.8, 4) is 0 Å². The molecular formula is C11H12N2. The van der Waals surface area contributed by atoms with E-state index in [0.717, 1.165) is 6.54 Å². The minimum atomic E-state index is 0.909. The first kappa shape index (κ1) is 8.05. The van der Waals surface area contributed by atoms with Gasteiger partial charge in [-0.3, -0.25) is 4.98 Å². The minimum Gasteiger partial charge on any atom is -0.384 e. The second-order valence-corrected chi connectivity index (χ2v) is 3.13. The summed E-state index contributed by atoms with van der Waals surface area (Å²) in [5.41, 5.74) is 3.78. The number of hydrogen-bond acceptors (Lipinski definition) is 2. The molecule has 0 unspecified atom stereocenters. The Kier molecular flexibility index (Phi) is 2.13. The highest BCUT2D eigenvalue weighted by molar-refractivity contribution is 5.69. The van der Waals surface area contributed by atoms with Crippen LogP contribution in [-0.4, -0.2) is 11.5 Å². The number of nitrogens with zero attached hydrogens (tertiary/aromatic N) is 1. The summed E-state index contributed by atoms with van der Waals surface area (Å²) in [7, 11) is 0. The Morgan fingerprint density at radius 1 is 1.23 bits per heavy atom. The standard InChI is InChI=1S/C11H12N2/c1-9-2-3-11(8-13-9)10-4-6-12-7-5-10/h2-7,13H,8H2,1H3. The number of hydrogen-bond donors (Lipinski definition) is 1. The highest BCUT2D eigenvalue weighted by atomic mass is 14.9. The van der Waals surface area contributed by atoms with Crippen LogP contribution in [0.4, 0.5) is 0 Å². The van der Waals surface area contributed by atoms with Gasteiger partial charge in [0, 0.05) is 24.6 Å². The maximum atomic E-state index is 3.99. The van der Waals surface area contributed by atoms with Gasteiger partial charge in [-0.15, -0.1) is 0 Å². The smallest absolute Gasteiger partial charge is 0.0403 e. The van der Waals surface area contributed by atoms with E-state index in [1.807, 2.05) is 24.5 Å². The van der Waals surface area contributed by atoms with Crippen molar-refractivity contribution in [3.05, 3.63) is 47.9 Å². The number of rotatable bonds is 1. The molecule has 0 radical (unpaired) electrons. The van der Waals surface area contributed by atoms with Gasteiger partial charge in [-0.05, 0) is 36.3 Å². The summed E-state index contributed by atoms with van der Waals surface area (Å²) in [6.45, 7) is 2.98. The second kappa shape index (κ2) is 3.44. The maximum absolute atomic E-state index is 3.99. The number of nitrogens with one attached hydrogen (secondary N) is 1. The van der Waals surface area contributed by atoms with E-state index >= 15 is 0 Å². The zero-order chi connectivity index (χ0) is 9.10. The molecule has 13 heavy (non-hydrogen) atoms. The Morgan fingerprint density at radius 3 is 2.62 bits per heavy atom. The van der Waals surface area contributed by atoms with Gasteiger partial charge >= 0.3 is 0 Å². The molecule has 0 saturated heterocycles. The average Bonchev–Trinajstić information content (AvgIpc) is 2.20. The molecule has 2 rings (SSSR count). The fourth-order valence-electron chi connectivity index (χ4n) is 1.34. The Labute approximate surface area is 78.0 Å². The molecule has 0 saturated carbocycles. The summed E-state index contributed by atoms with van der Waals surface area (Å²) in [5.74, 6) is 0. The Hall–Kier alpha value is -1.57. The van der Waals surface area contributed by atoms with Gasteiger partial charge in [-0.25, -0.2) is 0 Å². The second-order valence-electron chi connectivity index (χ2n) is 3.13. The van der Waals surface area contributed by atoms with E-state index in [4.69, 9.17) is 0 Å². The molecule has 1 N–H and O–H groups in total. The zero-order valence-electron chi connectivity index (χ0n) is 7.62. The van der Waals surface area contributed by atoms with E-state index in [-0.39, 0.29) is 0 Å². The lowest BCUT2D eigenvalue weighted by molar-refractivity contribution is 0.903. The fraction of sp³-hybridized carbons (Fsp3) is 0.182. The summed E-state index contributed by atoms with van der Waals surface area (Å²) in [4.78, 5) is 3.99. The van der Waals surface area contributed by atoms with Crippen molar-refractivity contribution in [2.24, 2.45) is 0 Å². The summed E-state index contributed by atoms with van der Waals surface area (Å²) >= 11 is 0. The van der Waals surface area contributed by atoms with Crippen LogP contribution < -0.4 is 5.32 Å². The maximum Gasteiger partial charge on any atom is 0.0403 e. The van der Waals surface area contributed by atoms with Crippen LogP contribution in [0.25, 0.3) is 5.57 Å². The molecule has 1 aromatic rings. The molecule has 0 fully saturated rings. The van der Waals surface area contributed by atoms with Gasteiger partial charge in [0.25, 0.3) is 0 Å². The van der Waals surface area contributed by atoms with E-state index in [2.05, 4.69) is 29.4 Å². The van der Waals surface area contributed by atoms with Crippen molar-refractivity contribution in [3.63, 3.8) is 0 Å². The molecule has 2 nitrogen and oxygen atoms in total. The van der Waals surface area contributed by atoms with E-state index in [0.29, 0.717) is 0 Å². The van der Waals surface area contributed by atoms with Crippen molar-refractivity contribution in [1.82, 2.24) is 10.3 Å². The van der Waals surface area contributed by atoms with Gasteiger partial charge in [0.05, 0.1) is 0 Å². The van der Waals surface area contributed by atoms with Gasteiger partial charge in [0.1, 0.15) is 0 Å². The highest BCUT2D eigenvalue weighted by Crippen LogP contribution is 2.15. The Balaban J connectivity index is 2.29. The van der Waals surface area contributed by atoms with Crippen LogP contribution in [-0.2, 0) is 0 Å². The van der Waals surface area contributed by atoms with Gasteiger partial charge in [0.15, 0.2) is 0 Å². The van der Waals surface area contributed by atoms with Crippen LogP contribution >= 0.6 is 0 Å². The van der Waals surface area contributed by atoms with E-state index in [9.17, 15) is 0 Å². The van der Waals surface area contributed by atoms with Crippen LogP contribution in [0.5, 0.6) is 0 Å². The van der Waals surface area contributed by atoms with Crippen LogP contribution in [0.2, 0.25) is 0 Å². The summed E-state index contributed by atoms with van der Waals surface area (Å²) < 4.78 is 0. The lowest BCUT2D eigenvalue weighted by Crippen LogP contribution is -2.16. The summed E-state index contributed by atoms with van der Waals surface area (Å²) in [6.07, 6.45) is 7.89. The Morgan fingerprint density at radius 2 is 2.00 bits per heavy atom. The normalized spacial score (nSPS) is 15.8. The molecule has 2 heteroatoms. The largest absolute Gasteiger partial charge is 0.384 e. The predicted molar refractivity (Wildman–Crippen MR) is 54.0 cm³/mol. The van der Waals surface area contributed by atoms with Crippen molar-refractivity contribution in [2.75, 3.05) is 6.54 Å². The molecule has 0 aliphatic carbocycles. The van der Waals surface area contributed by atoms with Crippen LogP contribution in [0.15, 0.2) is 42.4 Å². The third-order valence-electron chi connectivity index (χ3n) is 2.14. The van der Waals surface area contributed by atoms with Crippen molar-refractivity contribution >= 4 is 5.57 Å². The first-order chi connectivity index (χ1) is 6.36. The van der Waals surface area contributed by atoms with Crippen LogP contribution in [0.1, 0.15) is 12.5 Å². The van der Waals surface area contributed by atoms with Crippen molar-refractivity contribution < 1.29 is 0 Å². The molecular weight excluding hydrogens is 160 g/mol. The Bertz CT molecular complexity index is 350.